The first-order chi connectivity index (χ1) is 7.97. The van der Waals surface area contributed by atoms with Crippen molar-refractivity contribution in [3.8, 4) is 0 Å². The molecular formula is C11H8ClFO4. The smallest absolute Gasteiger partial charge is 0.373 e. The number of methoxy groups -OCH3 is 1. The van der Waals surface area contributed by atoms with Crippen LogP contribution in [-0.4, -0.2) is 24.0 Å². The van der Waals surface area contributed by atoms with Crippen LogP contribution in [0.2, 0.25) is 5.02 Å². The van der Waals surface area contributed by atoms with Crippen LogP contribution in [0.25, 0.3) is 0 Å². The second-order valence-electron chi connectivity index (χ2n) is 2.98. The lowest BCUT2D eigenvalue weighted by molar-refractivity contribution is -0.139. The number of hydrogen-bond acceptors (Lipinski definition) is 4. The van der Waals surface area contributed by atoms with E-state index in [1.165, 1.54) is 12.1 Å². The highest BCUT2D eigenvalue weighted by Gasteiger charge is 2.17. The third-order valence-corrected chi connectivity index (χ3v) is 2.19. The molecule has 17 heavy (non-hydrogen) atoms. The van der Waals surface area contributed by atoms with Crippen molar-refractivity contribution in [2.75, 3.05) is 7.11 Å². The molecule has 0 bridgehead atoms. The van der Waals surface area contributed by atoms with E-state index in [9.17, 15) is 14.0 Å². The highest BCUT2D eigenvalue weighted by Crippen LogP contribution is 2.20. The number of benzene rings is 1. The number of allylic oxidation sites excluding steroid dienone is 1. The fourth-order valence-corrected chi connectivity index (χ4v) is 1.35. The average molecular weight is 259 g/mol. The van der Waals surface area contributed by atoms with E-state index in [-0.39, 0.29) is 5.02 Å². The average Bonchev–Trinajstić information content (AvgIpc) is 2.27. The number of hydrogen-bond donors (Lipinski definition) is 1. The van der Waals surface area contributed by atoms with Gasteiger partial charge in [-0.05, 0) is 12.1 Å². The highest BCUT2D eigenvalue weighted by atomic mass is 35.5. The number of rotatable bonds is 3. The van der Waals surface area contributed by atoms with E-state index in [4.69, 9.17) is 16.7 Å². The van der Waals surface area contributed by atoms with Crippen LogP contribution in [0.15, 0.2) is 30.0 Å². The van der Waals surface area contributed by atoms with E-state index in [1.807, 2.05) is 0 Å². The van der Waals surface area contributed by atoms with E-state index in [0.717, 1.165) is 13.2 Å². The summed E-state index contributed by atoms with van der Waals surface area (Å²) in [7, 11) is 1.03. The van der Waals surface area contributed by atoms with Gasteiger partial charge < -0.3 is 9.84 Å². The molecule has 0 amide bonds. The van der Waals surface area contributed by atoms with E-state index >= 15 is 0 Å². The predicted octanol–water partition coefficient (Wildman–Crippen LogP) is 2.28. The van der Waals surface area contributed by atoms with Gasteiger partial charge in [0.05, 0.1) is 17.7 Å². The van der Waals surface area contributed by atoms with Crippen molar-refractivity contribution in [2.45, 2.75) is 0 Å². The van der Waals surface area contributed by atoms with E-state index in [2.05, 4.69) is 4.74 Å². The van der Waals surface area contributed by atoms with E-state index in [0.29, 0.717) is 6.08 Å². The molecule has 0 saturated heterocycles. The minimum Gasteiger partial charge on any atom is -0.502 e. The maximum absolute atomic E-state index is 13.3. The van der Waals surface area contributed by atoms with Crippen LogP contribution in [-0.2, 0) is 9.53 Å². The molecule has 0 saturated carbocycles. The zero-order valence-electron chi connectivity index (χ0n) is 8.74. The zero-order chi connectivity index (χ0) is 13.0. The molecule has 6 heteroatoms. The van der Waals surface area contributed by atoms with Crippen LogP contribution in [0.3, 0.4) is 0 Å². The molecule has 0 spiro atoms. The van der Waals surface area contributed by atoms with Crippen molar-refractivity contribution in [1.29, 1.82) is 0 Å². The Balaban J connectivity index is 3.10. The molecule has 0 aliphatic heterocycles. The van der Waals surface area contributed by atoms with Gasteiger partial charge in [-0.3, -0.25) is 4.79 Å². The van der Waals surface area contributed by atoms with Gasteiger partial charge in [0.2, 0.25) is 5.76 Å². The fourth-order valence-electron chi connectivity index (χ4n) is 1.09. The molecule has 0 aliphatic rings. The maximum atomic E-state index is 13.3. The van der Waals surface area contributed by atoms with Crippen molar-refractivity contribution in [3.63, 3.8) is 0 Å². The number of ketones is 1. The molecule has 4 nitrogen and oxygen atoms in total. The Morgan fingerprint density at radius 3 is 2.65 bits per heavy atom. The molecule has 0 atom stereocenters. The number of esters is 1. The number of aliphatic hydroxyl groups excluding tert-OH is 1. The highest BCUT2D eigenvalue weighted by molar-refractivity contribution is 6.34. The third kappa shape index (κ3) is 3.04. The van der Waals surface area contributed by atoms with Crippen LogP contribution in [0, 0.1) is 5.82 Å². The first kappa shape index (κ1) is 13.2. The van der Waals surface area contributed by atoms with Gasteiger partial charge in [0.25, 0.3) is 0 Å². The van der Waals surface area contributed by atoms with Gasteiger partial charge in [0.15, 0.2) is 5.78 Å². The first-order valence-electron chi connectivity index (χ1n) is 4.44. The summed E-state index contributed by atoms with van der Waals surface area (Å²) in [6.07, 6.45) is 0.552. The Labute approximate surface area is 101 Å². The number of carbonyl (C=O) groups is 2. The normalized spacial score (nSPS) is 11.1. The Morgan fingerprint density at radius 1 is 1.47 bits per heavy atom. The Morgan fingerprint density at radius 2 is 2.12 bits per heavy atom. The summed E-state index contributed by atoms with van der Waals surface area (Å²) in [6, 6.07) is 3.70. The van der Waals surface area contributed by atoms with Gasteiger partial charge in [-0.15, -0.1) is 0 Å². The summed E-state index contributed by atoms with van der Waals surface area (Å²) in [4.78, 5) is 22.4. The predicted molar refractivity (Wildman–Crippen MR) is 58.5 cm³/mol. The van der Waals surface area contributed by atoms with Gasteiger partial charge >= 0.3 is 5.97 Å². The summed E-state index contributed by atoms with van der Waals surface area (Å²) >= 11 is 5.63. The second-order valence-corrected chi connectivity index (χ2v) is 3.39. The maximum Gasteiger partial charge on any atom is 0.373 e. The SMILES string of the molecule is COC(=O)C(O)=CC(=O)c1c(F)cccc1Cl. The topological polar surface area (TPSA) is 63.6 Å². The van der Waals surface area contributed by atoms with Gasteiger partial charge in [0.1, 0.15) is 5.82 Å². The molecule has 1 aromatic carbocycles. The summed E-state index contributed by atoms with van der Waals surface area (Å²) in [5.74, 6) is -3.77. The van der Waals surface area contributed by atoms with E-state index < -0.39 is 28.9 Å². The lowest BCUT2D eigenvalue weighted by Gasteiger charge is -2.02. The summed E-state index contributed by atoms with van der Waals surface area (Å²) in [5, 5.41) is 9.02. The summed E-state index contributed by atoms with van der Waals surface area (Å²) in [6.45, 7) is 0. The molecule has 0 heterocycles. The lowest BCUT2D eigenvalue weighted by Crippen LogP contribution is -2.08. The number of aliphatic hydroxyl groups is 1. The third-order valence-electron chi connectivity index (χ3n) is 1.87. The molecule has 0 fully saturated rings. The molecular weight excluding hydrogens is 251 g/mol. The van der Waals surface area contributed by atoms with Crippen molar-refractivity contribution in [3.05, 3.63) is 46.4 Å². The summed E-state index contributed by atoms with van der Waals surface area (Å²) in [5.41, 5.74) is -0.412. The van der Waals surface area contributed by atoms with Crippen molar-refractivity contribution >= 4 is 23.4 Å². The summed E-state index contributed by atoms with van der Waals surface area (Å²) < 4.78 is 17.5. The molecule has 0 aliphatic carbocycles. The number of carbonyl (C=O) groups excluding carboxylic acids is 2. The van der Waals surface area contributed by atoms with Gasteiger partial charge in [-0.1, -0.05) is 17.7 Å². The molecule has 0 unspecified atom stereocenters. The van der Waals surface area contributed by atoms with Crippen LogP contribution >= 0.6 is 11.6 Å². The van der Waals surface area contributed by atoms with Gasteiger partial charge in [0, 0.05) is 6.08 Å². The zero-order valence-corrected chi connectivity index (χ0v) is 9.49. The quantitative estimate of drug-likeness (QED) is 0.391. The standard InChI is InChI=1S/C11H8ClFO4/c1-17-11(16)9(15)5-8(14)10-6(12)3-2-4-7(10)13/h2-5,15H,1H3. The minimum atomic E-state index is -1.09. The lowest BCUT2D eigenvalue weighted by atomic mass is 10.1. The number of ether oxygens (including phenoxy) is 1. The van der Waals surface area contributed by atoms with Crippen molar-refractivity contribution in [2.24, 2.45) is 0 Å². The molecule has 90 valence electrons. The van der Waals surface area contributed by atoms with Crippen LogP contribution in [0.4, 0.5) is 4.39 Å². The molecule has 1 N–H and O–H groups in total. The van der Waals surface area contributed by atoms with Crippen molar-refractivity contribution < 1.29 is 23.8 Å². The molecule has 0 radical (unpaired) electrons. The number of halogens is 2. The van der Waals surface area contributed by atoms with Crippen LogP contribution in [0.5, 0.6) is 0 Å². The van der Waals surface area contributed by atoms with Gasteiger partial charge in [-0.25, -0.2) is 9.18 Å². The van der Waals surface area contributed by atoms with E-state index in [1.54, 1.807) is 0 Å². The van der Waals surface area contributed by atoms with Crippen LogP contribution in [0.1, 0.15) is 10.4 Å². The second kappa shape index (κ2) is 5.45. The monoisotopic (exact) mass is 258 g/mol. The molecule has 1 rings (SSSR count). The Hall–Kier alpha value is -1.88. The molecule has 0 aromatic heterocycles. The van der Waals surface area contributed by atoms with Crippen molar-refractivity contribution in [1.82, 2.24) is 0 Å². The minimum absolute atomic E-state index is 0.107. The largest absolute Gasteiger partial charge is 0.502 e. The fraction of sp³-hybridized carbons (Fsp3) is 0.0909. The van der Waals surface area contributed by atoms with Crippen LogP contribution < -0.4 is 0 Å². The Kier molecular flexibility index (Phi) is 4.23. The molecule has 1 aromatic rings. The first-order valence-corrected chi connectivity index (χ1v) is 4.82. The Bertz CT molecular complexity index is 476. The van der Waals surface area contributed by atoms with Gasteiger partial charge in [-0.2, -0.15) is 0 Å².